The summed E-state index contributed by atoms with van der Waals surface area (Å²) in [5.74, 6) is -0.0138. The smallest absolute Gasteiger partial charge is 0.241 e. The minimum absolute atomic E-state index is 0.0138. The molecule has 0 aliphatic carbocycles. The molecule has 0 aliphatic rings. The van der Waals surface area contributed by atoms with Crippen molar-refractivity contribution in [2.75, 3.05) is 20.3 Å². The summed E-state index contributed by atoms with van der Waals surface area (Å²) in [6.07, 6.45) is 0.822. The van der Waals surface area contributed by atoms with E-state index in [1.807, 2.05) is 13.8 Å². The first-order valence-electron chi connectivity index (χ1n) is 7.47. The molecule has 1 amide bonds. The molecule has 21 heavy (non-hydrogen) atoms. The molecule has 0 spiro atoms. The van der Waals surface area contributed by atoms with Gasteiger partial charge in [-0.25, -0.2) is 0 Å². The van der Waals surface area contributed by atoms with Gasteiger partial charge in [-0.3, -0.25) is 9.48 Å². The Kier molecular flexibility index (Phi) is 7.39. The van der Waals surface area contributed by atoms with Crippen LogP contribution in [0.25, 0.3) is 0 Å². The monoisotopic (exact) mass is 296 g/mol. The summed E-state index contributed by atoms with van der Waals surface area (Å²) in [7, 11) is 1.66. The summed E-state index contributed by atoms with van der Waals surface area (Å²) in [6, 6.07) is 0.427. The Morgan fingerprint density at radius 1 is 1.38 bits per heavy atom. The predicted molar refractivity (Wildman–Crippen MR) is 83.2 cm³/mol. The molecule has 1 rings (SSSR count). The van der Waals surface area contributed by atoms with E-state index in [1.54, 1.807) is 11.8 Å². The van der Waals surface area contributed by atoms with Crippen molar-refractivity contribution in [1.82, 2.24) is 20.4 Å². The summed E-state index contributed by atoms with van der Waals surface area (Å²) in [5.41, 5.74) is 3.21. The Labute approximate surface area is 127 Å². The topological polar surface area (TPSA) is 68.2 Å². The standard InChI is InChI=1S/C15H28N4O2/c1-11(2)17-9-14-12(3)18-19(13(14)4)10-15(20)16-7-6-8-21-5/h11,17H,6-10H2,1-5H3,(H,16,20). The first kappa shape index (κ1) is 17.7. The molecular formula is C15H28N4O2. The van der Waals surface area contributed by atoms with Gasteiger partial charge in [-0.1, -0.05) is 13.8 Å². The van der Waals surface area contributed by atoms with E-state index >= 15 is 0 Å². The van der Waals surface area contributed by atoms with Gasteiger partial charge in [0.2, 0.25) is 5.91 Å². The molecule has 1 aromatic heterocycles. The van der Waals surface area contributed by atoms with E-state index in [0.717, 1.165) is 24.4 Å². The highest BCUT2D eigenvalue weighted by Gasteiger charge is 2.13. The number of methoxy groups -OCH3 is 1. The first-order valence-corrected chi connectivity index (χ1v) is 7.47. The van der Waals surface area contributed by atoms with E-state index in [1.165, 1.54) is 5.56 Å². The Hall–Kier alpha value is -1.40. The van der Waals surface area contributed by atoms with E-state index in [-0.39, 0.29) is 12.5 Å². The second-order valence-electron chi connectivity index (χ2n) is 5.54. The normalized spacial score (nSPS) is 11.1. The van der Waals surface area contributed by atoms with Crippen molar-refractivity contribution in [3.8, 4) is 0 Å². The molecule has 1 aromatic rings. The molecule has 0 bridgehead atoms. The largest absolute Gasteiger partial charge is 0.385 e. The van der Waals surface area contributed by atoms with Crippen LogP contribution in [0, 0.1) is 13.8 Å². The molecule has 0 saturated heterocycles. The number of rotatable bonds is 9. The molecule has 6 nitrogen and oxygen atoms in total. The zero-order valence-electron chi connectivity index (χ0n) is 13.8. The predicted octanol–water partition coefficient (Wildman–Crippen LogP) is 1.15. The Morgan fingerprint density at radius 3 is 2.71 bits per heavy atom. The minimum atomic E-state index is -0.0138. The van der Waals surface area contributed by atoms with Crippen LogP contribution in [0.5, 0.6) is 0 Å². The van der Waals surface area contributed by atoms with Gasteiger partial charge in [0.05, 0.1) is 5.69 Å². The summed E-state index contributed by atoms with van der Waals surface area (Å²) in [6.45, 7) is 10.6. The third kappa shape index (κ3) is 5.85. The molecule has 0 radical (unpaired) electrons. The lowest BCUT2D eigenvalue weighted by Gasteiger charge is -2.09. The lowest BCUT2D eigenvalue weighted by molar-refractivity contribution is -0.121. The van der Waals surface area contributed by atoms with Gasteiger partial charge in [-0.05, 0) is 20.3 Å². The average molecular weight is 296 g/mol. The van der Waals surface area contributed by atoms with Crippen LogP contribution in [0.4, 0.5) is 0 Å². The van der Waals surface area contributed by atoms with Gasteiger partial charge in [0.25, 0.3) is 0 Å². The van der Waals surface area contributed by atoms with Crippen LogP contribution in [-0.2, 0) is 22.6 Å². The van der Waals surface area contributed by atoms with Crippen LogP contribution >= 0.6 is 0 Å². The van der Waals surface area contributed by atoms with Gasteiger partial charge in [0.1, 0.15) is 6.54 Å². The molecule has 0 atom stereocenters. The molecule has 0 aliphatic heterocycles. The molecule has 0 unspecified atom stereocenters. The zero-order valence-corrected chi connectivity index (χ0v) is 13.8. The summed E-state index contributed by atoms with van der Waals surface area (Å²) < 4.78 is 6.73. The fourth-order valence-corrected chi connectivity index (χ4v) is 2.09. The zero-order chi connectivity index (χ0) is 15.8. The van der Waals surface area contributed by atoms with Crippen LogP contribution in [0.15, 0.2) is 0 Å². The molecule has 0 saturated carbocycles. The number of hydrogen-bond donors (Lipinski definition) is 2. The number of aromatic nitrogens is 2. The Balaban J connectivity index is 2.55. The third-order valence-electron chi connectivity index (χ3n) is 3.36. The van der Waals surface area contributed by atoms with Crippen molar-refractivity contribution in [2.45, 2.75) is 53.2 Å². The van der Waals surface area contributed by atoms with E-state index < -0.39 is 0 Å². The van der Waals surface area contributed by atoms with Crippen LogP contribution < -0.4 is 10.6 Å². The van der Waals surface area contributed by atoms with E-state index in [4.69, 9.17) is 4.74 Å². The maximum Gasteiger partial charge on any atom is 0.241 e. The van der Waals surface area contributed by atoms with E-state index in [9.17, 15) is 4.79 Å². The molecule has 120 valence electrons. The lowest BCUT2D eigenvalue weighted by atomic mass is 10.2. The quantitative estimate of drug-likeness (QED) is 0.671. The van der Waals surface area contributed by atoms with Gasteiger partial charge in [-0.15, -0.1) is 0 Å². The van der Waals surface area contributed by atoms with Gasteiger partial charge in [0, 0.05) is 44.1 Å². The van der Waals surface area contributed by atoms with Crippen molar-refractivity contribution in [1.29, 1.82) is 0 Å². The Morgan fingerprint density at radius 2 is 2.10 bits per heavy atom. The number of ether oxygens (including phenoxy) is 1. The number of carbonyl (C=O) groups is 1. The number of nitrogens with zero attached hydrogens (tertiary/aromatic N) is 2. The maximum atomic E-state index is 11.9. The molecule has 6 heteroatoms. The molecule has 2 N–H and O–H groups in total. The maximum absolute atomic E-state index is 11.9. The van der Waals surface area contributed by atoms with Gasteiger partial charge in [0.15, 0.2) is 0 Å². The fraction of sp³-hybridized carbons (Fsp3) is 0.733. The van der Waals surface area contributed by atoms with Gasteiger partial charge < -0.3 is 15.4 Å². The van der Waals surface area contributed by atoms with Crippen molar-refractivity contribution in [2.24, 2.45) is 0 Å². The highest BCUT2D eigenvalue weighted by atomic mass is 16.5. The second-order valence-corrected chi connectivity index (χ2v) is 5.54. The van der Waals surface area contributed by atoms with Gasteiger partial charge in [-0.2, -0.15) is 5.10 Å². The second kappa shape index (κ2) is 8.79. The number of aryl methyl sites for hydroxylation is 1. The summed E-state index contributed by atoms with van der Waals surface area (Å²) in [4.78, 5) is 11.9. The average Bonchev–Trinajstić information content (AvgIpc) is 2.67. The minimum Gasteiger partial charge on any atom is -0.385 e. The summed E-state index contributed by atoms with van der Waals surface area (Å²) >= 11 is 0. The molecule has 0 fully saturated rings. The third-order valence-corrected chi connectivity index (χ3v) is 3.36. The number of carbonyl (C=O) groups excluding carboxylic acids is 1. The molecule has 1 heterocycles. The number of nitrogens with one attached hydrogen (secondary N) is 2. The van der Waals surface area contributed by atoms with Crippen LogP contribution in [0.1, 0.15) is 37.2 Å². The van der Waals surface area contributed by atoms with Crippen molar-refractivity contribution < 1.29 is 9.53 Å². The van der Waals surface area contributed by atoms with Crippen molar-refractivity contribution in [3.05, 3.63) is 17.0 Å². The number of hydrogen-bond acceptors (Lipinski definition) is 4. The van der Waals surface area contributed by atoms with Crippen molar-refractivity contribution in [3.63, 3.8) is 0 Å². The highest BCUT2D eigenvalue weighted by Crippen LogP contribution is 2.12. The van der Waals surface area contributed by atoms with Crippen molar-refractivity contribution >= 4 is 5.91 Å². The highest BCUT2D eigenvalue weighted by molar-refractivity contribution is 5.75. The number of amides is 1. The SMILES string of the molecule is COCCCNC(=O)Cn1nc(C)c(CNC(C)C)c1C. The van der Waals surface area contributed by atoms with Crippen LogP contribution in [0.2, 0.25) is 0 Å². The Bertz CT molecular complexity index is 455. The lowest BCUT2D eigenvalue weighted by Crippen LogP contribution is -2.29. The van der Waals surface area contributed by atoms with Crippen LogP contribution in [-0.4, -0.2) is 42.0 Å². The fourth-order valence-electron chi connectivity index (χ4n) is 2.09. The van der Waals surface area contributed by atoms with Gasteiger partial charge >= 0.3 is 0 Å². The molecule has 0 aromatic carbocycles. The van der Waals surface area contributed by atoms with E-state index in [0.29, 0.717) is 19.2 Å². The molecular weight excluding hydrogens is 268 g/mol. The van der Waals surface area contributed by atoms with Crippen LogP contribution in [0.3, 0.4) is 0 Å². The first-order chi connectivity index (χ1) is 9.95. The van der Waals surface area contributed by atoms with E-state index in [2.05, 4.69) is 29.6 Å². The summed E-state index contributed by atoms with van der Waals surface area (Å²) in [5, 5.41) is 10.7.